The second kappa shape index (κ2) is 2.71. The molecule has 1 rings (SSSR count). The van der Waals surface area contributed by atoms with Gasteiger partial charge >= 0.3 is 0 Å². The van der Waals surface area contributed by atoms with Crippen LogP contribution in [0.1, 0.15) is 12.5 Å². The van der Waals surface area contributed by atoms with Crippen molar-refractivity contribution in [1.29, 1.82) is 0 Å². The van der Waals surface area contributed by atoms with Crippen LogP contribution in [0.5, 0.6) is 5.75 Å². The third-order valence-electron chi connectivity index (χ3n) is 1.26. The van der Waals surface area contributed by atoms with Crippen LogP contribution in [0.2, 0.25) is 0 Å². The summed E-state index contributed by atoms with van der Waals surface area (Å²) in [6.45, 7) is 1.58. The topological polar surface area (TPSA) is 40.5 Å². The summed E-state index contributed by atoms with van der Waals surface area (Å²) < 4.78 is 0. The molecule has 0 aliphatic rings. The number of benzene rings is 1. The molecular weight excluding hydrogens is 128 g/mol. The van der Waals surface area contributed by atoms with E-state index >= 15 is 0 Å². The van der Waals surface area contributed by atoms with E-state index in [0.717, 1.165) is 0 Å². The quantitative estimate of drug-likeness (QED) is 0.618. The fourth-order valence-corrected chi connectivity index (χ4v) is 0.731. The van der Waals surface area contributed by atoms with Gasteiger partial charge in [-0.2, -0.15) is 0 Å². The van der Waals surface area contributed by atoms with Gasteiger partial charge in [0.25, 0.3) is 0 Å². The standard InChI is InChI=1S/C8H9O2/c1-6(9)7-3-2-4-8(10)5-7/h2-5,9-10H,1H3. The summed E-state index contributed by atoms with van der Waals surface area (Å²) in [5.41, 5.74) is 0.653. The van der Waals surface area contributed by atoms with Crippen LogP contribution in [0.15, 0.2) is 24.3 Å². The summed E-state index contributed by atoms with van der Waals surface area (Å²) in [6.07, 6.45) is 0.218. The van der Waals surface area contributed by atoms with E-state index in [-0.39, 0.29) is 11.9 Å². The average Bonchev–Trinajstić information content (AvgIpc) is 1.88. The lowest BCUT2D eigenvalue weighted by Crippen LogP contribution is -1.89. The van der Waals surface area contributed by atoms with Crippen LogP contribution in [0.25, 0.3) is 0 Å². The number of rotatable bonds is 1. The molecule has 1 aromatic rings. The molecule has 0 atom stereocenters. The van der Waals surface area contributed by atoms with Crippen molar-refractivity contribution in [1.82, 2.24) is 0 Å². The van der Waals surface area contributed by atoms with Gasteiger partial charge in [-0.15, -0.1) is 0 Å². The summed E-state index contributed by atoms with van der Waals surface area (Å²) in [5.74, 6) is 0.172. The van der Waals surface area contributed by atoms with Gasteiger partial charge in [0.1, 0.15) is 11.9 Å². The van der Waals surface area contributed by atoms with E-state index in [4.69, 9.17) is 10.2 Å². The van der Waals surface area contributed by atoms with Gasteiger partial charge in [-0.1, -0.05) is 12.1 Å². The number of phenols is 1. The van der Waals surface area contributed by atoms with Crippen LogP contribution >= 0.6 is 0 Å². The van der Waals surface area contributed by atoms with E-state index in [1.807, 2.05) is 0 Å². The SMILES string of the molecule is C[C](O)c1cccc(O)c1. The first-order valence-electron chi connectivity index (χ1n) is 3.02. The van der Waals surface area contributed by atoms with E-state index < -0.39 is 0 Å². The second-order valence-electron chi connectivity index (χ2n) is 2.14. The highest BCUT2D eigenvalue weighted by molar-refractivity contribution is 5.33. The molecule has 0 amide bonds. The summed E-state index contributed by atoms with van der Waals surface area (Å²) in [5, 5.41) is 17.9. The summed E-state index contributed by atoms with van der Waals surface area (Å²) in [4.78, 5) is 0. The molecule has 53 valence electrons. The minimum Gasteiger partial charge on any atom is -0.508 e. The van der Waals surface area contributed by atoms with E-state index in [0.29, 0.717) is 5.56 Å². The average molecular weight is 137 g/mol. The van der Waals surface area contributed by atoms with Gasteiger partial charge in [0.2, 0.25) is 0 Å². The van der Waals surface area contributed by atoms with Gasteiger partial charge in [0, 0.05) is 0 Å². The highest BCUT2D eigenvalue weighted by Gasteiger charge is 2.00. The Balaban J connectivity index is 2.96. The van der Waals surface area contributed by atoms with E-state index in [2.05, 4.69) is 0 Å². The molecule has 0 saturated heterocycles. The Hall–Kier alpha value is -1.02. The van der Waals surface area contributed by atoms with Crippen molar-refractivity contribution < 1.29 is 10.2 Å². The van der Waals surface area contributed by atoms with Crippen molar-refractivity contribution in [3.8, 4) is 5.75 Å². The molecule has 1 radical (unpaired) electrons. The summed E-state index contributed by atoms with van der Waals surface area (Å²) >= 11 is 0. The van der Waals surface area contributed by atoms with Crippen molar-refractivity contribution in [3.05, 3.63) is 35.9 Å². The Kier molecular flexibility index (Phi) is 1.92. The number of hydrogen-bond acceptors (Lipinski definition) is 2. The maximum absolute atomic E-state index is 8.95. The minimum atomic E-state index is 0.172. The molecule has 0 aliphatic carbocycles. The highest BCUT2D eigenvalue weighted by atomic mass is 16.3. The van der Waals surface area contributed by atoms with Gasteiger partial charge in [-0.25, -0.2) is 0 Å². The molecule has 1 aromatic carbocycles. The lowest BCUT2D eigenvalue weighted by atomic mass is 10.1. The van der Waals surface area contributed by atoms with Crippen molar-refractivity contribution in [3.63, 3.8) is 0 Å². The first-order chi connectivity index (χ1) is 4.70. The first kappa shape index (κ1) is 7.09. The number of aliphatic hydroxyl groups is 1. The zero-order chi connectivity index (χ0) is 7.56. The van der Waals surface area contributed by atoms with Crippen molar-refractivity contribution in [2.45, 2.75) is 6.92 Å². The third kappa shape index (κ3) is 1.48. The molecule has 2 heteroatoms. The number of aliphatic hydroxyl groups excluding tert-OH is 1. The molecule has 0 unspecified atom stereocenters. The van der Waals surface area contributed by atoms with E-state index in [1.165, 1.54) is 6.07 Å². The van der Waals surface area contributed by atoms with Crippen LogP contribution in [0.4, 0.5) is 0 Å². The predicted molar refractivity (Wildman–Crippen MR) is 38.1 cm³/mol. The normalized spacial score (nSPS) is 10.3. The zero-order valence-corrected chi connectivity index (χ0v) is 5.70. The van der Waals surface area contributed by atoms with Gasteiger partial charge in [-0.05, 0) is 24.6 Å². The molecular formula is C8H9O2. The van der Waals surface area contributed by atoms with Crippen molar-refractivity contribution in [2.24, 2.45) is 0 Å². The Labute approximate surface area is 59.7 Å². The zero-order valence-electron chi connectivity index (χ0n) is 5.70. The number of hydrogen-bond donors (Lipinski definition) is 2. The van der Waals surface area contributed by atoms with Gasteiger partial charge < -0.3 is 10.2 Å². The molecule has 0 spiro atoms. The Bertz CT molecular complexity index is 218. The van der Waals surface area contributed by atoms with E-state index in [1.54, 1.807) is 25.1 Å². The molecule has 2 nitrogen and oxygen atoms in total. The maximum atomic E-state index is 8.95. The predicted octanol–water partition coefficient (Wildman–Crippen LogP) is 1.66. The number of aromatic hydroxyl groups is 1. The lowest BCUT2D eigenvalue weighted by Gasteiger charge is -2.01. The highest BCUT2D eigenvalue weighted by Crippen LogP contribution is 2.16. The Morgan fingerprint density at radius 3 is 2.50 bits per heavy atom. The molecule has 0 fully saturated rings. The van der Waals surface area contributed by atoms with Gasteiger partial charge in [-0.3, -0.25) is 0 Å². The largest absolute Gasteiger partial charge is 0.508 e. The Morgan fingerprint density at radius 2 is 2.10 bits per heavy atom. The van der Waals surface area contributed by atoms with Crippen LogP contribution in [-0.4, -0.2) is 10.2 Å². The fraction of sp³-hybridized carbons (Fsp3) is 0.125. The molecule has 2 N–H and O–H groups in total. The molecule has 0 heterocycles. The van der Waals surface area contributed by atoms with E-state index in [9.17, 15) is 0 Å². The van der Waals surface area contributed by atoms with Crippen molar-refractivity contribution in [2.75, 3.05) is 0 Å². The maximum Gasteiger partial charge on any atom is 0.119 e. The molecule has 0 aliphatic heterocycles. The summed E-state index contributed by atoms with van der Waals surface area (Å²) in [7, 11) is 0. The molecule has 0 aromatic heterocycles. The minimum absolute atomic E-state index is 0.172. The van der Waals surface area contributed by atoms with Crippen LogP contribution in [0, 0.1) is 6.10 Å². The third-order valence-corrected chi connectivity index (χ3v) is 1.26. The van der Waals surface area contributed by atoms with Crippen molar-refractivity contribution >= 4 is 0 Å². The van der Waals surface area contributed by atoms with Crippen LogP contribution in [0.3, 0.4) is 0 Å². The van der Waals surface area contributed by atoms with Crippen LogP contribution < -0.4 is 0 Å². The summed E-state index contributed by atoms with van der Waals surface area (Å²) in [6, 6.07) is 6.49. The Morgan fingerprint density at radius 1 is 1.40 bits per heavy atom. The lowest BCUT2D eigenvalue weighted by molar-refractivity contribution is 0.340. The monoisotopic (exact) mass is 137 g/mol. The molecule has 10 heavy (non-hydrogen) atoms. The first-order valence-corrected chi connectivity index (χ1v) is 3.02. The fourth-order valence-electron chi connectivity index (χ4n) is 0.731. The van der Waals surface area contributed by atoms with Crippen LogP contribution in [-0.2, 0) is 0 Å². The molecule has 0 bridgehead atoms. The molecule has 0 saturated carbocycles. The number of phenolic OH excluding ortho intramolecular Hbond substituents is 1. The van der Waals surface area contributed by atoms with Gasteiger partial charge in [0.05, 0.1) is 0 Å². The smallest absolute Gasteiger partial charge is 0.119 e. The van der Waals surface area contributed by atoms with Gasteiger partial charge in [0.15, 0.2) is 0 Å². The second-order valence-corrected chi connectivity index (χ2v) is 2.14.